The number of carbonyl (C=O) groups excluding carboxylic acids is 2. The van der Waals surface area contributed by atoms with Crippen LogP contribution in [0, 0.1) is 0 Å². The van der Waals surface area contributed by atoms with Crippen LogP contribution in [0.3, 0.4) is 0 Å². The lowest BCUT2D eigenvalue weighted by Gasteiger charge is -2.34. The van der Waals surface area contributed by atoms with Crippen molar-refractivity contribution < 1.29 is 19.1 Å². The summed E-state index contributed by atoms with van der Waals surface area (Å²) in [6.07, 6.45) is 5.84. The van der Waals surface area contributed by atoms with E-state index >= 15 is 0 Å². The van der Waals surface area contributed by atoms with Crippen LogP contribution in [0.15, 0.2) is 0 Å². The molecule has 5 nitrogen and oxygen atoms in total. The minimum Gasteiger partial charge on any atom is -0.469 e. The topological polar surface area (TPSA) is 55.8 Å². The van der Waals surface area contributed by atoms with Crippen LogP contribution < -0.4 is 0 Å². The molecule has 0 spiro atoms. The van der Waals surface area contributed by atoms with E-state index in [0.717, 1.165) is 25.7 Å². The largest absolute Gasteiger partial charge is 0.469 e. The van der Waals surface area contributed by atoms with E-state index in [4.69, 9.17) is 4.74 Å². The maximum absolute atomic E-state index is 12.0. The lowest BCUT2D eigenvalue weighted by Crippen LogP contribution is -2.44. The maximum atomic E-state index is 12.0. The van der Waals surface area contributed by atoms with Crippen LogP contribution in [0.2, 0.25) is 0 Å². The first-order chi connectivity index (χ1) is 8.69. The highest BCUT2D eigenvalue weighted by Crippen LogP contribution is 2.23. The van der Waals surface area contributed by atoms with Gasteiger partial charge in [-0.15, -0.1) is 0 Å². The third-order valence-electron chi connectivity index (χ3n) is 3.39. The summed E-state index contributed by atoms with van der Waals surface area (Å²) >= 11 is 0. The summed E-state index contributed by atoms with van der Waals surface area (Å²) in [7, 11) is 2.88. The number of rotatable bonds is 6. The van der Waals surface area contributed by atoms with Gasteiger partial charge in [0.15, 0.2) is 0 Å². The highest BCUT2D eigenvalue weighted by Gasteiger charge is 2.25. The van der Waals surface area contributed by atoms with Gasteiger partial charge >= 0.3 is 5.97 Å². The van der Waals surface area contributed by atoms with Crippen molar-refractivity contribution in [1.29, 1.82) is 0 Å². The molecule has 0 aromatic rings. The number of ether oxygens (including phenoxy) is 2. The molecule has 1 aliphatic carbocycles. The first-order valence-electron chi connectivity index (χ1n) is 6.54. The lowest BCUT2D eigenvalue weighted by molar-refractivity contribution is -0.143. The van der Waals surface area contributed by atoms with Crippen molar-refractivity contribution >= 4 is 11.9 Å². The predicted molar refractivity (Wildman–Crippen MR) is 67.1 cm³/mol. The molecule has 0 heterocycles. The molecular formula is C13H23NO4. The van der Waals surface area contributed by atoms with E-state index in [9.17, 15) is 9.59 Å². The number of hydrogen-bond donors (Lipinski definition) is 0. The van der Waals surface area contributed by atoms with Crippen molar-refractivity contribution in [2.45, 2.75) is 44.6 Å². The summed E-state index contributed by atoms with van der Waals surface area (Å²) < 4.78 is 9.52. The van der Waals surface area contributed by atoms with E-state index < -0.39 is 0 Å². The van der Waals surface area contributed by atoms with Gasteiger partial charge in [0.2, 0.25) is 5.91 Å². The smallest absolute Gasteiger partial charge is 0.307 e. The summed E-state index contributed by atoms with van der Waals surface area (Å²) in [5, 5.41) is 0. The van der Waals surface area contributed by atoms with Gasteiger partial charge in [0.25, 0.3) is 0 Å². The maximum Gasteiger partial charge on any atom is 0.307 e. The van der Waals surface area contributed by atoms with Crippen molar-refractivity contribution in [3.8, 4) is 0 Å². The molecule has 18 heavy (non-hydrogen) atoms. The molecular weight excluding hydrogens is 234 g/mol. The van der Waals surface area contributed by atoms with Crippen LogP contribution >= 0.6 is 0 Å². The zero-order valence-electron chi connectivity index (χ0n) is 11.3. The molecule has 0 bridgehead atoms. The molecule has 0 saturated heterocycles. The number of hydrogen-bond acceptors (Lipinski definition) is 4. The van der Waals surface area contributed by atoms with Gasteiger partial charge in [-0.05, 0) is 12.8 Å². The van der Waals surface area contributed by atoms with Crippen LogP contribution in [0.1, 0.15) is 38.5 Å². The van der Waals surface area contributed by atoms with Crippen molar-refractivity contribution in [2.75, 3.05) is 27.4 Å². The van der Waals surface area contributed by atoms with Gasteiger partial charge in [-0.25, -0.2) is 0 Å². The lowest BCUT2D eigenvalue weighted by atomic mass is 9.94. The minimum atomic E-state index is -0.277. The normalized spacial score (nSPS) is 16.3. The molecule has 1 fully saturated rings. The molecule has 0 N–H and O–H groups in total. The predicted octanol–water partition coefficient (Wildman–Crippen LogP) is 1.36. The fourth-order valence-corrected chi connectivity index (χ4v) is 2.42. The second-order valence-corrected chi connectivity index (χ2v) is 4.64. The van der Waals surface area contributed by atoms with Crippen LogP contribution in [-0.4, -0.2) is 50.2 Å². The fourth-order valence-electron chi connectivity index (χ4n) is 2.42. The van der Waals surface area contributed by atoms with Gasteiger partial charge in [-0.2, -0.15) is 0 Å². The molecule has 1 rings (SSSR count). The first kappa shape index (κ1) is 15.0. The van der Waals surface area contributed by atoms with Crippen LogP contribution in [0.4, 0.5) is 0 Å². The number of esters is 1. The molecule has 0 atom stereocenters. The van der Waals surface area contributed by atoms with E-state index in [2.05, 4.69) is 4.74 Å². The highest BCUT2D eigenvalue weighted by atomic mass is 16.5. The Balaban J connectivity index is 2.55. The van der Waals surface area contributed by atoms with Gasteiger partial charge < -0.3 is 14.4 Å². The fraction of sp³-hybridized carbons (Fsp3) is 0.846. The number of nitrogens with zero attached hydrogens (tertiary/aromatic N) is 1. The Labute approximate surface area is 108 Å². The molecule has 0 aromatic heterocycles. The number of amides is 1. The second-order valence-electron chi connectivity index (χ2n) is 4.64. The van der Waals surface area contributed by atoms with E-state index in [-0.39, 0.29) is 30.9 Å². The Kier molecular flexibility index (Phi) is 6.72. The zero-order chi connectivity index (χ0) is 13.4. The van der Waals surface area contributed by atoms with E-state index in [1.807, 2.05) is 0 Å². The van der Waals surface area contributed by atoms with E-state index in [0.29, 0.717) is 6.54 Å². The third kappa shape index (κ3) is 4.64. The van der Waals surface area contributed by atoms with Crippen LogP contribution in [0.5, 0.6) is 0 Å². The standard InChI is InChI=1S/C13H23NO4/c1-17-10-12(15)14(9-8-13(16)18-2)11-6-4-3-5-7-11/h11H,3-10H2,1-2H3. The third-order valence-corrected chi connectivity index (χ3v) is 3.39. The monoisotopic (exact) mass is 257 g/mol. The van der Waals surface area contributed by atoms with Crippen molar-refractivity contribution in [3.63, 3.8) is 0 Å². The zero-order valence-corrected chi connectivity index (χ0v) is 11.3. The summed E-state index contributed by atoms with van der Waals surface area (Å²) in [4.78, 5) is 25.0. The van der Waals surface area contributed by atoms with Gasteiger partial charge in [-0.3, -0.25) is 9.59 Å². The van der Waals surface area contributed by atoms with Crippen LogP contribution in [0.25, 0.3) is 0 Å². The Hall–Kier alpha value is -1.10. The van der Waals surface area contributed by atoms with Gasteiger partial charge in [-0.1, -0.05) is 19.3 Å². The SMILES string of the molecule is COCC(=O)N(CCC(=O)OC)C1CCCCC1. The van der Waals surface area contributed by atoms with Gasteiger partial charge in [0.05, 0.1) is 13.5 Å². The van der Waals surface area contributed by atoms with Crippen LogP contribution in [-0.2, 0) is 19.1 Å². The molecule has 1 saturated carbocycles. The summed E-state index contributed by atoms with van der Waals surface area (Å²) in [6.45, 7) is 0.511. The van der Waals surface area contributed by atoms with Crippen molar-refractivity contribution in [3.05, 3.63) is 0 Å². The highest BCUT2D eigenvalue weighted by molar-refractivity contribution is 5.78. The van der Waals surface area contributed by atoms with E-state index in [1.165, 1.54) is 20.6 Å². The Bertz CT molecular complexity index is 274. The minimum absolute atomic E-state index is 0.0340. The molecule has 1 amide bonds. The number of methoxy groups -OCH3 is 2. The second kappa shape index (κ2) is 8.08. The molecule has 0 unspecified atom stereocenters. The van der Waals surface area contributed by atoms with Crippen molar-refractivity contribution in [1.82, 2.24) is 4.90 Å². The Morgan fingerprint density at radius 1 is 1.17 bits per heavy atom. The Morgan fingerprint density at radius 2 is 1.83 bits per heavy atom. The summed E-state index contributed by atoms with van der Waals surface area (Å²) in [5.41, 5.74) is 0. The molecule has 5 heteroatoms. The molecule has 1 aliphatic rings. The molecule has 104 valence electrons. The number of carbonyl (C=O) groups is 2. The van der Waals surface area contributed by atoms with Gasteiger partial charge in [0, 0.05) is 19.7 Å². The molecule has 0 radical (unpaired) electrons. The Morgan fingerprint density at radius 3 is 2.39 bits per heavy atom. The summed E-state index contributed by atoms with van der Waals surface area (Å²) in [5.74, 6) is -0.311. The quantitative estimate of drug-likeness (QED) is 0.674. The van der Waals surface area contributed by atoms with Gasteiger partial charge in [0.1, 0.15) is 6.61 Å². The molecule has 0 aromatic carbocycles. The van der Waals surface area contributed by atoms with Crippen molar-refractivity contribution in [2.24, 2.45) is 0 Å². The van der Waals surface area contributed by atoms with E-state index in [1.54, 1.807) is 4.90 Å². The summed E-state index contributed by atoms with van der Waals surface area (Å²) in [6, 6.07) is 0.256. The first-order valence-corrected chi connectivity index (χ1v) is 6.54. The average molecular weight is 257 g/mol. The molecule has 0 aliphatic heterocycles. The average Bonchev–Trinajstić information content (AvgIpc) is 2.40.